The van der Waals surface area contributed by atoms with E-state index in [0.717, 1.165) is 5.56 Å². The molecule has 0 spiro atoms. The molecule has 0 aliphatic rings. The van der Waals surface area contributed by atoms with Gasteiger partial charge < -0.3 is 14.8 Å². The Morgan fingerprint density at radius 2 is 1.89 bits per heavy atom. The Kier molecular flexibility index (Phi) is 6.96. The Balaban J connectivity index is 2.32. The molecule has 7 heteroatoms. The van der Waals surface area contributed by atoms with Crippen LogP contribution in [0, 0.1) is 21.8 Å². The zero-order chi connectivity index (χ0) is 20.0. The molecular weight excluding hydrogens is 459 g/mol. The van der Waals surface area contributed by atoms with Crippen LogP contribution in [-0.4, -0.2) is 19.0 Å². The number of aryl methyl sites for hydroxylation is 1. The topological polar surface area (TPSA) is 88.4 Å². The minimum absolute atomic E-state index is 0.0614. The van der Waals surface area contributed by atoms with Crippen molar-refractivity contribution in [2.24, 2.45) is 0 Å². The molecule has 27 heavy (non-hydrogen) atoms. The molecule has 0 unspecified atom stereocenters. The van der Waals surface area contributed by atoms with Crippen molar-refractivity contribution in [2.45, 2.75) is 13.8 Å². The molecule has 1 amide bonds. The number of methoxy groups -OCH3 is 1. The second kappa shape index (κ2) is 9.19. The number of benzene rings is 2. The lowest BCUT2D eigenvalue weighted by molar-refractivity contribution is -0.132. The van der Waals surface area contributed by atoms with Gasteiger partial charge >= 0.3 is 5.97 Å². The summed E-state index contributed by atoms with van der Waals surface area (Å²) in [6, 6.07) is 12.5. The number of amides is 1. The third kappa shape index (κ3) is 5.56. The first-order valence-corrected chi connectivity index (χ1v) is 8.97. The molecule has 2 aromatic carbocycles. The van der Waals surface area contributed by atoms with Crippen LogP contribution in [0.4, 0.5) is 5.69 Å². The fraction of sp³-hybridized carbons (Fsp3) is 0.150. The molecule has 0 saturated heterocycles. The summed E-state index contributed by atoms with van der Waals surface area (Å²) in [4.78, 5) is 23.6. The number of carbonyl (C=O) groups excluding carboxylic acids is 2. The third-order valence-corrected chi connectivity index (χ3v) is 4.28. The predicted molar refractivity (Wildman–Crippen MR) is 110 cm³/mol. The average molecular weight is 476 g/mol. The maximum absolute atomic E-state index is 12.4. The lowest BCUT2D eigenvalue weighted by atomic mass is 10.1. The Morgan fingerprint density at radius 3 is 2.44 bits per heavy atom. The summed E-state index contributed by atoms with van der Waals surface area (Å²) in [5, 5.41) is 12.1. The van der Waals surface area contributed by atoms with Crippen LogP contribution < -0.4 is 14.8 Å². The molecule has 0 atom stereocenters. The van der Waals surface area contributed by atoms with Crippen molar-refractivity contribution in [3.63, 3.8) is 0 Å². The Hall–Kier alpha value is -2.86. The van der Waals surface area contributed by atoms with E-state index in [-0.39, 0.29) is 5.57 Å². The van der Waals surface area contributed by atoms with Gasteiger partial charge in [0.25, 0.3) is 5.91 Å². The fourth-order valence-corrected chi connectivity index (χ4v) is 2.95. The average Bonchev–Trinajstić information content (AvgIpc) is 2.63. The molecule has 6 nitrogen and oxygen atoms in total. The smallest absolute Gasteiger partial charge is 0.308 e. The van der Waals surface area contributed by atoms with Gasteiger partial charge in [-0.1, -0.05) is 17.7 Å². The number of rotatable bonds is 5. The number of hydrogen-bond acceptors (Lipinski definition) is 5. The SMILES string of the molecule is COc1cc(/C=C(/C#N)C(=O)Nc2ccc(C)cc2)cc(I)c1OC(C)=O. The summed E-state index contributed by atoms with van der Waals surface area (Å²) in [7, 11) is 1.45. The third-order valence-electron chi connectivity index (χ3n) is 3.48. The zero-order valence-corrected chi connectivity index (χ0v) is 17.2. The number of carbonyl (C=O) groups is 2. The molecule has 0 aliphatic carbocycles. The number of nitrogens with one attached hydrogen (secondary N) is 1. The number of ether oxygens (including phenoxy) is 2. The van der Waals surface area contributed by atoms with Gasteiger partial charge in [-0.25, -0.2) is 0 Å². The van der Waals surface area contributed by atoms with Gasteiger partial charge in [0.2, 0.25) is 0 Å². The largest absolute Gasteiger partial charge is 0.493 e. The predicted octanol–water partition coefficient (Wildman–Crippen LogP) is 4.08. The van der Waals surface area contributed by atoms with Crippen molar-refractivity contribution < 1.29 is 19.1 Å². The number of esters is 1. The van der Waals surface area contributed by atoms with Crippen molar-refractivity contribution >= 4 is 46.2 Å². The van der Waals surface area contributed by atoms with E-state index in [0.29, 0.717) is 26.3 Å². The van der Waals surface area contributed by atoms with Crippen LogP contribution in [0.2, 0.25) is 0 Å². The van der Waals surface area contributed by atoms with E-state index in [1.54, 1.807) is 24.3 Å². The number of nitrogens with zero attached hydrogens (tertiary/aromatic N) is 1. The van der Waals surface area contributed by atoms with E-state index >= 15 is 0 Å². The molecule has 0 aromatic heterocycles. The normalized spacial score (nSPS) is 10.7. The zero-order valence-electron chi connectivity index (χ0n) is 15.0. The van der Waals surface area contributed by atoms with Crippen LogP contribution >= 0.6 is 22.6 Å². The molecule has 2 aromatic rings. The van der Waals surface area contributed by atoms with E-state index in [2.05, 4.69) is 5.32 Å². The van der Waals surface area contributed by atoms with Crippen LogP contribution in [0.5, 0.6) is 11.5 Å². The first-order valence-electron chi connectivity index (χ1n) is 7.89. The van der Waals surface area contributed by atoms with Gasteiger partial charge in [0, 0.05) is 12.6 Å². The summed E-state index contributed by atoms with van der Waals surface area (Å²) in [6.45, 7) is 3.24. The fourth-order valence-electron chi connectivity index (χ4n) is 2.22. The van der Waals surface area contributed by atoms with Gasteiger partial charge in [0.1, 0.15) is 11.6 Å². The summed E-state index contributed by atoms with van der Waals surface area (Å²) in [6.07, 6.45) is 1.45. The minimum Gasteiger partial charge on any atom is -0.493 e. The highest BCUT2D eigenvalue weighted by atomic mass is 127. The van der Waals surface area contributed by atoms with Gasteiger partial charge in [0.05, 0.1) is 10.7 Å². The van der Waals surface area contributed by atoms with Crippen molar-refractivity contribution in [1.29, 1.82) is 5.26 Å². The molecule has 0 aliphatic heterocycles. The molecule has 0 radical (unpaired) electrons. The van der Waals surface area contributed by atoms with Crippen LogP contribution in [0.25, 0.3) is 6.08 Å². The first kappa shape index (κ1) is 20.5. The van der Waals surface area contributed by atoms with Crippen molar-refractivity contribution in [3.05, 3.63) is 56.7 Å². The van der Waals surface area contributed by atoms with Crippen LogP contribution in [0.15, 0.2) is 42.0 Å². The van der Waals surface area contributed by atoms with Gasteiger partial charge in [-0.15, -0.1) is 0 Å². The highest BCUT2D eigenvalue weighted by molar-refractivity contribution is 14.1. The minimum atomic E-state index is -0.514. The first-order chi connectivity index (χ1) is 12.8. The highest BCUT2D eigenvalue weighted by Crippen LogP contribution is 2.34. The van der Waals surface area contributed by atoms with Crippen LogP contribution in [0.1, 0.15) is 18.1 Å². The van der Waals surface area contributed by atoms with Crippen molar-refractivity contribution in [3.8, 4) is 17.6 Å². The van der Waals surface area contributed by atoms with Crippen molar-refractivity contribution in [2.75, 3.05) is 12.4 Å². The van der Waals surface area contributed by atoms with E-state index in [1.807, 2.05) is 47.7 Å². The summed E-state index contributed by atoms with van der Waals surface area (Å²) in [5.41, 5.74) is 2.18. The van der Waals surface area contributed by atoms with Gasteiger partial charge in [-0.05, 0) is 65.4 Å². The number of nitriles is 1. The molecule has 0 heterocycles. The highest BCUT2D eigenvalue weighted by Gasteiger charge is 2.15. The second-order valence-electron chi connectivity index (χ2n) is 5.62. The quantitative estimate of drug-likeness (QED) is 0.231. The van der Waals surface area contributed by atoms with E-state index in [1.165, 1.54) is 20.1 Å². The molecule has 1 N–H and O–H groups in total. The Morgan fingerprint density at radius 1 is 1.22 bits per heavy atom. The van der Waals surface area contributed by atoms with E-state index in [4.69, 9.17) is 9.47 Å². The molecule has 138 valence electrons. The number of anilines is 1. The monoisotopic (exact) mass is 476 g/mol. The molecule has 0 saturated carbocycles. The van der Waals surface area contributed by atoms with Gasteiger partial charge in [-0.3, -0.25) is 9.59 Å². The molecule has 0 bridgehead atoms. The van der Waals surface area contributed by atoms with E-state index in [9.17, 15) is 14.9 Å². The lowest BCUT2D eigenvalue weighted by Gasteiger charge is -2.11. The lowest BCUT2D eigenvalue weighted by Crippen LogP contribution is -2.13. The molecular formula is C20H17IN2O4. The Labute approximate surface area is 170 Å². The van der Waals surface area contributed by atoms with Gasteiger partial charge in [0.15, 0.2) is 11.5 Å². The maximum atomic E-state index is 12.4. The Bertz CT molecular complexity index is 944. The summed E-state index contributed by atoms with van der Waals surface area (Å²) < 4.78 is 11.0. The molecule has 2 rings (SSSR count). The van der Waals surface area contributed by atoms with E-state index < -0.39 is 11.9 Å². The maximum Gasteiger partial charge on any atom is 0.308 e. The van der Waals surface area contributed by atoms with Crippen LogP contribution in [-0.2, 0) is 9.59 Å². The standard InChI is InChI=1S/C20H17IN2O4/c1-12-4-6-16(7-5-12)23-20(25)15(11-22)8-14-9-17(21)19(27-13(2)24)18(10-14)26-3/h4-10H,1-3H3,(H,23,25)/b15-8-. The molecule has 0 fully saturated rings. The number of hydrogen-bond donors (Lipinski definition) is 1. The van der Waals surface area contributed by atoms with Crippen molar-refractivity contribution in [1.82, 2.24) is 0 Å². The van der Waals surface area contributed by atoms with Gasteiger partial charge in [-0.2, -0.15) is 5.26 Å². The second-order valence-corrected chi connectivity index (χ2v) is 6.78. The summed E-state index contributed by atoms with van der Waals surface area (Å²) >= 11 is 2.00. The van der Waals surface area contributed by atoms with Crippen LogP contribution in [0.3, 0.4) is 0 Å². The number of halogens is 1. The summed E-state index contributed by atoms with van der Waals surface area (Å²) in [5.74, 6) is -0.353.